The molecule has 8 heteroatoms. The van der Waals surface area contributed by atoms with Crippen molar-refractivity contribution in [3.8, 4) is 22.2 Å². The highest BCUT2D eigenvalue weighted by molar-refractivity contribution is 7.13. The number of thiazole rings is 1. The number of esters is 1. The van der Waals surface area contributed by atoms with Gasteiger partial charge < -0.3 is 14.8 Å². The monoisotopic (exact) mass is 474 g/mol. The molecule has 7 nitrogen and oxygen atoms in total. The van der Waals surface area contributed by atoms with E-state index in [1.165, 1.54) is 18.4 Å². The Hall–Kier alpha value is -3.78. The molecule has 0 unspecified atom stereocenters. The van der Waals surface area contributed by atoms with E-state index in [-0.39, 0.29) is 5.97 Å². The fourth-order valence-electron chi connectivity index (χ4n) is 3.47. The summed E-state index contributed by atoms with van der Waals surface area (Å²) in [5.74, 6) is 0.944. The molecular formula is C26H26N4O3S. The standard InChI is InChI=1S/C26H26N4O3S/c1-16-8-6-11-21(28-16)23-24(34-17(2)29-23)33-20-12-13-27-22(15-20)30-19-10-7-9-18(14-19)26(3,4)25(31)32-5/h6-15H,1-5H3,(H,27,30). The molecule has 1 aromatic carbocycles. The lowest BCUT2D eigenvalue weighted by Gasteiger charge is -2.22. The van der Waals surface area contributed by atoms with Crippen molar-refractivity contribution in [3.63, 3.8) is 0 Å². The van der Waals surface area contributed by atoms with E-state index in [0.717, 1.165) is 33.3 Å². The number of nitrogens with one attached hydrogen (secondary N) is 1. The van der Waals surface area contributed by atoms with Gasteiger partial charge in [-0.1, -0.05) is 29.5 Å². The molecule has 0 radical (unpaired) electrons. The number of anilines is 2. The number of ether oxygens (including phenoxy) is 2. The maximum atomic E-state index is 12.2. The van der Waals surface area contributed by atoms with Gasteiger partial charge in [0.2, 0.25) is 5.06 Å². The summed E-state index contributed by atoms with van der Waals surface area (Å²) in [6.45, 7) is 7.56. The summed E-state index contributed by atoms with van der Waals surface area (Å²) in [7, 11) is 1.40. The first-order valence-corrected chi connectivity index (χ1v) is 11.6. The predicted molar refractivity (Wildman–Crippen MR) is 134 cm³/mol. The lowest BCUT2D eigenvalue weighted by molar-refractivity contribution is -0.146. The van der Waals surface area contributed by atoms with Gasteiger partial charge in [0.15, 0.2) is 0 Å². The largest absolute Gasteiger partial charge is 0.468 e. The van der Waals surface area contributed by atoms with Crippen molar-refractivity contribution in [2.75, 3.05) is 12.4 Å². The van der Waals surface area contributed by atoms with Gasteiger partial charge in [-0.2, -0.15) is 0 Å². The van der Waals surface area contributed by atoms with Crippen molar-refractivity contribution in [3.05, 3.63) is 77.1 Å². The Morgan fingerprint density at radius 2 is 1.82 bits per heavy atom. The number of carbonyl (C=O) groups excluding carboxylic acids is 1. The summed E-state index contributed by atoms with van der Waals surface area (Å²) < 4.78 is 11.2. The van der Waals surface area contributed by atoms with Gasteiger partial charge in [-0.15, -0.1) is 0 Å². The number of benzene rings is 1. The number of carbonyl (C=O) groups is 1. The molecule has 3 aromatic heterocycles. The second-order valence-electron chi connectivity index (χ2n) is 8.33. The van der Waals surface area contributed by atoms with E-state index in [1.807, 2.05) is 76.2 Å². The molecule has 1 N–H and O–H groups in total. The zero-order valence-electron chi connectivity index (χ0n) is 19.7. The summed E-state index contributed by atoms with van der Waals surface area (Å²) in [4.78, 5) is 25.8. The topological polar surface area (TPSA) is 86.2 Å². The van der Waals surface area contributed by atoms with E-state index >= 15 is 0 Å². The van der Waals surface area contributed by atoms with Gasteiger partial charge in [-0.3, -0.25) is 9.78 Å². The predicted octanol–water partition coefficient (Wildman–Crippen LogP) is 6.20. The highest BCUT2D eigenvalue weighted by Crippen LogP contribution is 2.38. The number of hydrogen-bond donors (Lipinski definition) is 1. The normalized spacial score (nSPS) is 11.2. The van der Waals surface area contributed by atoms with Crippen LogP contribution in [0.2, 0.25) is 0 Å². The Balaban J connectivity index is 1.57. The van der Waals surface area contributed by atoms with Crippen molar-refractivity contribution < 1.29 is 14.3 Å². The van der Waals surface area contributed by atoms with Crippen LogP contribution in [0, 0.1) is 13.8 Å². The lowest BCUT2D eigenvalue weighted by atomic mass is 9.84. The minimum Gasteiger partial charge on any atom is -0.468 e. The number of aryl methyl sites for hydroxylation is 2. The van der Waals surface area contributed by atoms with Crippen molar-refractivity contribution in [2.24, 2.45) is 0 Å². The van der Waals surface area contributed by atoms with Gasteiger partial charge in [-0.25, -0.2) is 9.97 Å². The summed E-state index contributed by atoms with van der Waals surface area (Å²) >= 11 is 1.47. The molecule has 4 aromatic rings. The van der Waals surface area contributed by atoms with Crippen LogP contribution in [0.4, 0.5) is 11.5 Å². The number of aromatic nitrogens is 3. The highest BCUT2D eigenvalue weighted by atomic mass is 32.1. The Bertz CT molecular complexity index is 1330. The average molecular weight is 475 g/mol. The quantitative estimate of drug-likeness (QED) is 0.319. The van der Waals surface area contributed by atoms with Gasteiger partial charge in [-0.05, 0) is 63.6 Å². The Labute approximate surface area is 202 Å². The second-order valence-corrected chi connectivity index (χ2v) is 9.50. The van der Waals surface area contributed by atoms with Crippen LogP contribution in [0.25, 0.3) is 11.4 Å². The third-order valence-electron chi connectivity index (χ3n) is 5.33. The van der Waals surface area contributed by atoms with Crippen LogP contribution in [-0.4, -0.2) is 28.0 Å². The van der Waals surface area contributed by atoms with Crippen LogP contribution in [0.15, 0.2) is 60.8 Å². The van der Waals surface area contributed by atoms with Gasteiger partial charge >= 0.3 is 5.97 Å². The van der Waals surface area contributed by atoms with Crippen LogP contribution in [0.5, 0.6) is 10.8 Å². The molecule has 0 amide bonds. The minimum atomic E-state index is -0.769. The summed E-state index contributed by atoms with van der Waals surface area (Å²) in [6, 6.07) is 17.1. The first-order chi connectivity index (χ1) is 16.3. The number of nitrogens with zero attached hydrogens (tertiary/aromatic N) is 3. The van der Waals surface area contributed by atoms with Crippen molar-refractivity contribution in [1.82, 2.24) is 15.0 Å². The van der Waals surface area contributed by atoms with Crippen molar-refractivity contribution in [1.29, 1.82) is 0 Å². The van der Waals surface area contributed by atoms with E-state index in [0.29, 0.717) is 16.6 Å². The van der Waals surface area contributed by atoms with Gasteiger partial charge in [0.1, 0.15) is 17.3 Å². The summed E-state index contributed by atoms with van der Waals surface area (Å²) in [6.07, 6.45) is 1.68. The fourth-order valence-corrected chi connectivity index (χ4v) is 4.26. The maximum absolute atomic E-state index is 12.2. The Kier molecular flexibility index (Phi) is 6.61. The molecule has 0 aliphatic heterocycles. The van der Waals surface area contributed by atoms with Crippen LogP contribution >= 0.6 is 11.3 Å². The van der Waals surface area contributed by atoms with Crippen LogP contribution < -0.4 is 10.1 Å². The highest BCUT2D eigenvalue weighted by Gasteiger charge is 2.31. The van der Waals surface area contributed by atoms with Crippen LogP contribution in [0.1, 0.15) is 30.1 Å². The van der Waals surface area contributed by atoms with E-state index < -0.39 is 5.41 Å². The smallest absolute Gasteiger partial charge is 0.315 e. The molecule has 0 atom stereocenters. The third-order valence-corrected chi connectivity index (χ3v) is 6.18. The molecular weight excluding hydrogens is 448 g/mol. The number of pyridine rings is 2. The van der Waals surface area contributed by atoms with Gasteiger partial charge in [0.05, 0.1) is 23.2 Å². The second kappa shape index (κ2) is 9.61. The molecule has 0 saturated heterocycles. The molecule has 0 fully saturated rings. The molecule has 4 rings (SSSR count). The first kappa shape index (κ1) is 23.4. The SMILES string of the molecule is COC(=O)C(C)(C)c1cccc(Nc2cc(Oc3sc(C)nc3-c3cccc(C)n3)ccn2)c1. The molecule has 0 aliphatic carbocycles. The zero-order chi connectivity index (χ0) is 24.3. The summed E-state index contributed by atoms with van der Waals surface area (Å²) in [5, 5.41) is 4.86. The molecule has 3 heterocycles. The number of hydrogen-bond acceptors (Lipinski definition) is 8. The molecule has 0 bridgehead atoms. The summed E-state index contributed by atoms with van der Waals surface area (Å²) in [5.41, 5.74) is 3.29. The lowest BCUT2D eigenvalue weighted by Crippen LogP contribution is -2.30. The van der Waals surface area contributed by atoms with E-state index in [1.54, 1.807) is 12.3 Å². The maximum Gasteiger partial charge on any atom is 0.315 e. The molecule has 34 heavy (non-hydrogen) atoms. The first-order valence-electron chi connectivity index (χ1n) is 10.8. The third kappa shape index (κ3) is 5.07. The van der Waals surface area contributed by atoms with E-state index in [4.69, 9.17) is 9.47 Å². The zero-order valence-corrected chi connectivity index (χ0v) is 20.6. The Morgan fingerprint density at radius 1 is 1.03 bits per heavy atom. The van der Waals surface area contributed by atoms with Gasteiger partial charge in [0, 0.05) is 23.6 Å². The minimum absolute atomic E-state index is 0.295. The van der Waals surface area contributed by atoms with Crippen molar-refractivity contribution in [2.45, 2.75) is 33.1 Å². The molecule has 174 valence electrons. The molecule has 0 aliphatic rings. The fraction of sp³-hybridized carbons (Fsp3) is 0.231. The average Bonchev–Trinajstić information content (AvgIpc) is 3.18. The van der Waals surface area contributed by atoms with Crippen LogP contribution in [-0.2, 0) is 14.9 Å². The number of rotatable bonds is 7. The number of methoxy groups -OCH3 is 1. The van der Waals surface area contributed by atoms with Crippen molar-refractivity contribution >= 4 is 28.8 Å². The van der Waals surface area contributed by atoms with E-state index in [9.17, 15) is 4.79 Å². The van der Waals surface area contributed by atoms with E-state index in [2.05, 4.69) is 20.3 Å². The molecule has 0 spiro atoms. The van der Waals surface area contributed by atoms with Crippen LogP contribution in [0.3, 0.4) is 0 Å². The Morgan fingerprint density at radius 3 is 2.59 bits per heavy atom. The molecule has 0 saturated carbocycles. The van der Waals surface area contributed by atoms with Gasteiger partial charge in [0.25, 0.3) is 0 Å².